The lowest BCUT2D eigenvalue weighted by Crippen LogP contribution is -2.05. The highest BCUT2D eigenvalue weighted by Crippen LogP contribution is 2.39. The van der Waals surface area contributed by atoms with E-state index in [0.29, 0.717) is 32.3 Å². The minimum atomic E-state index is -0.177. The second-order valence-electron chi connectivity index (χ2n) is 9.59. The summed E-state index contributed by atoms with van der Waals surface area (Å²) in [5.41, 5.74) is 21.2. The van der Waals surface area contributed by atoms with Gasteiger partial charge in [0.1, 0.15) is 19.4 Å². The summed E-state index contributed by atoms with van der Waals surface area (Å²) in [6.07, 6.45) is 1.71. The summed E-state index contributed by atoms with van der Waals surface area (Å²) in [5.74, 6) is -0.355. The number of nitrogens with zero attached hydrogens (tertiary/aromatic N) is 2. The molecule has 4 aromatic heterocycles. The van der Waals surface area contributed by atoms with Gasteiger partial charge in [-0.25, -0.2) is 9.97 Å². The Hall–Kier alpha value is -3.62. The number of nitrogens with two attached hydrogens (primary N) is 2. The Morgan fingerprint density at radius 2 is 1.03 bits per heavy atom. The number of nitrogen functional groups attached to an aromatic ring is 2. The summed E-state index contributed by atoms with van der Waals surface area (Å²) in [5, 5.41) is 1.72. The molecule has 8 heteroatoms. The quantitative estimate of drug-likeness (QED) is 0.226. The van der Waals surface area contributed by atoms with Gasteiger partial charge in [-0.3, -0.25) is 9.59 Å². The number of benzene rings is 1. The first-order valence-corrected chi connectivity index (χ1v) is 14.3. The van der Waals surface area contributed by atoms with Crippen LogP contribution in [0.3, 0.4) is 0 Å². The van der Waals surface area contributed by atoms with Crippen LogP contribution in [-0.2, 0) is 12.8 Å². The molecule has 0 saturated carbocycles. The van der Waals surface area contributed by atoms with Gasteiger partial charge >= 0.3 is 0 Å². The Bertz CT molecular complexity index is 1650. The van der Waals surface area contributed by atoms with Gasteiger partial charge in [-0.2, -0.15) is 0 Å². The van der Waals surface area contributed by atoms with E-state index in [4.69, 9.17) is 21.4 Å². The van der Waals surface area contributed by atoms with Crippen molar-refractivity contribution in [3.63, 3.8) is 0 Å². The molecule has 0 bridgehead atoms. The van der Waals surface area contributed by atoms with E-state index in [2.05, 4.69) is 13.8 Å². The van der Waals surface area contributed by atoms with Crippen LogP contribution in [0.25, 0.3) is 20.4 Å². The van der Waals surface area contributed by atoms with Crippen LogP contribution in [0.15, 0.2) is 24.3 Å². The molecule has 1 aromatic carbocycles. The third-order valence-corrected chi connectivity index (χ3v) is 9.65. The van der Waals surface area contributed by atoms with Gasteiger partial charge in [-0.15, -0.1) is 22.7 Å². The third-order valence-electron chi connectivity index (χ3n) is 7.45. The first-order chi connectivity index (χ1) is 18.1. The number of thiophene rings is 2. The van der Waals surface area contributed by atoms with E-state index in [1.807, 2.05) is 27.7 Å². The van der Waals surface area contributed by atoms with Gasteiger partial charge in [0.15, 0.2) is 0 Å². The molecule has 5 rings (SSSR count). The molecular weight excluding hydrogens is 512 g/mol. The molecule has 0 atom stereocenters. The normalized spacial score (nSPS) is 11.5. The summed E-state index contributed by atoms with van der Waals surface area (Å²) in [4.78, 5) is 38.8. The van der Waals surface area contributed by atoms with Crippen molar-refractivity contribution in [1.82, 2.24) is 9.97 Å². The maximum atomic E-state index is 13.4. The molecule has 0 saturated heterocycles. The van der Waals surface area contributed by atoms with Crippen LogP contribution in [0.2, 0.25) is 0 Å². The van der Waals surface area contributed by atoms with Gasteiger partial charge in [0.25, 0.3) is 0 Å². The third kappa shape index (κ3) is 3.90. The van der Waals surface area contributed by atoms with Crippen molar-refractivity contribution in [2.75, 3.05) is 11.5 Å². The van der Waals surface area contributed by atoms with Crippen molar-refractivity contribution in [3.8, 4) is 0 Å². The lowest BCUT2D eigenvalue weighted by molar-refractivity contribution is 0.103. The fourth-order valence-corrected chi connectivity index (χ4v) is 7.77. The van der Waals surface area contributed by atoms with E-state index in [1.165, 1.54) is 22.7 Å². The molecule has 0 fully saturated rings. The van der Waals surface area contributed by atoms with Gasteiger partial charge < -0.3 is 11.5 Å². The number of aromatic nitrogens is 2. The summed E-state index contributed by atoms with van der Waals surface area (Å²) in [6.45, 7) is 12.2. The minimum Gasteiger partial charge on any atom is -0.397 e. The number of fused-ring (bicyclic) bond motifs is 2. The number of anilines is 2. The smallest absolute Gasteiger partial charge is 0.205 e. The lowest BCUT2D eigenvalue weighted by atomic mass is 9.99. The van der Waals surface area contributed by atoms with Crippen LogP contribution in [0.5, 0.6) is 0 Å². The van der Waals surface area contributed by atoms with Gasteiger partial charge in [0.2, 0.25) is 11.6 Å². The molecule has 0 aliphatic rings. The standard InChI is InChI=1S/C30H30N4O2S2/c1-7-19-13(3)21-23(31)27(37-29(21)33-15(19)5)25(35)17-9-11-18(12-10-17)26(36)28-24(32)22-14(4)20(8-2)16(6)34-30(22)38-28/h9-12H,7-8,31-32H2,1-6H3. The monoisotopic (exact) mass is 542 g/mol. The SMILES string of the molecule is CCc1c(C)nc2sc(C(=O)c3ccc(C(=O)c4sc5nc(C)c(CC)c(C)c5c4N)cc3)c(N)c2c1C. The van der Waals surface area contributed by atoms with Crippen LogP contribution in [0, 0.1) is 27.7 Å². The molecule has 0 spiro atoms. The number of ketones is 2. The molecule has 4 N–H and O–H groups in total. The van der Waals surface area contributed by atoms with E-state index in [9.17, 15) is 9.59 Å². The predicted octanol–water partition coefficient (Wildman–Crippen LogP) is 6.89. The molecule has 0 aliphatic heterocycles. The molecule has 0 aliphatic carbocycles. The highest BCUT2D eigenvalue weighted by atomic mass is 32.1. The number of hydrogen-bond acceptors (Lipinski definition) is 8. The number of rotatable bonds is 6. The molecular formula is C30H30N4O2S2. The van der Waals surface area contributed by atoms with E-state index in [0.717, 1.165) is 66.9 Å². The van der Waals surface area contributed by atoms with Gasteiger partial charge in [-0.1, -0.05) is 38.1 Å². The largest absolute Gasteiger partial charge is 0.397 e. The average Bonchev–Trinajstić information content (AvgIpc) is 3.40. The lowest BCUT2D eigenvalue weighted by Gasteiger charge is -2.08. The number of pyridine rings is 2. The van der Waals surface area contributed by atoms with Crippen molar-refractivity contribution in [1.29, 1.82) is 0 Å². The maximum absolute atomic E-state index is 13.4. The second-order valence-corrected chi connectivity index (χ2v) is 11.6. The first kappa shape index (κ1) is 26.0. The molecule has 6 nitrogen and oxygen atoms in total. The summed E-state index contributed by atoms with van der Waals surface area (Å²) in [7, 11) is 0. The van der Waals surface area contributed by atoms with Gasteiger partial charge in [-0.05, 0) is 62.8 Å². The minimum absolute atomic E-state index is 0.177. The van der Waals surface area contributed by atoms with Crippen molar-refractivity contribution in [2.24, 2.45) is 0 Å². The zero-order chi connectivity index (χ0) is 27.5. The molecule has 5 aromatic rings. The average molecular weight is 543 g/mol. The highest BCUT2D eigenvalue weighted by molar-refractivity contribution is 7.21. The van der Waals surface area contributed by atoms with E-state index < -0.39 is 0 Å². The highest BCUT2D eigenvalue weighted by Gasteiger charge is 2.24. The molecule has 0 radical (unpaired) electrons. The fourth-order valence-electron chi connectivity index (χ4n) is 5.44. The van der Waals surface area contributed by atoms with Crippen LogP contribution < -0.4 is 11.5 Å². The van der Waals surface area contributed by atoms with E-state index >= 15 is 0 Å². The zero-order valence-corrected chi connectivity index (χ0v) is 24.0. The van der Waals surface area contributed by atoms with Gasteiger partial charge in [0, 0.05) is 33.3 Å². The Balaban J connectivity index is 1.49. The zero-order valence-electron chi connectivity index (χ0n) is 22.4. The fraction of sp³-hybridized carbons (Fsp3) is 0.267. The van der Waals surface area contributed by atoms with Crippen molar-refractivity contribution < 1.29 is 9.59 Å². The van der Waals surface area contributed by atoms with Gasteiger partial charge in [0.05, 0.1) is 11.4 Å². The molecule has 194 valence electrons. The predicted molar refractivity (Wildman–Crippen MR) is 159 cm³/mol. The Kier molecular flexibility index (Phi) is 6.57. The van der Waals surface area contributed by atoms with Crippen LogP contribution in [0.4, 0.5) is 11.4 Å². The number of carbonyl (C=O) groups is 2. The molecule has 4 heterocycles. The topological polar surface area (TPSA) is 112 Å². The Morgan fingerprint density at radius 3 is 1.34 bits per heavy atom. The van der Waals surface area contributed by atoms with Crippen LogP contribution in [-0.4, -0.2) is 21.5 Å². The molecule has 0 unspecified atom stereocenters. The maximum Gasteiger partial charge on any atom is 0.205 e. The Morgan fingerprint density at radius 1 is 0.684 bits per heavy atom. The van der Waals surface area contributed by atoms with Crippen LogP contribution in [0.1, 0.15) is 78.0 Å². The summed E-state index contributed by atoms with van der Waals surface area (Å²) < 4.78 is 0. The van der Waals surface area contributed by atoms with Crippen LogP contribution >= 0.6 is 22.7 Å². The Labute approximate surface area is 229 Å². The first-order valence-electron chi connectivity index (χ1n) is 12.6. The molecule has 0 amide bonds. The van der Waals surface area contributed by atoms with Crippen molar-refractivity contribution in [3.05, 3.63) is 78.8 Å². The van der Waals surface area contributed by atoms with Crippen molar-refractivity contribution >= 4 is 66.0 Å². The molecule has 38 heavy (non-hydrogen) atoms. The second kappa shape index (κ2) is 9.60. The van der Waals surface area contributed by atoms with E-state index in [1.54, 1.807) is 24.3 Å². The number of aryl methyl sites for hydroxylation is 4. The number of carbonyl (C=O) groups excluding carboxylic acids is 2. The summed E-state index contributed by atoms with van der Waals surface area (Å²) >= 11 is 2.63. The van der Waals surface area contributed by atoms with E-state index in [-0.39, 0.29) is 11.6 Å². The number of hydrogen-bond donors (Lipinski definition) is 2. The summed E-state index contributed by atoms with van der Waals surface area (Å²) in [6, 6.07) is 6.70. The van der Waals surface area contributed by atoms with Crippen molar-refractivity contribution in [2.45, 2.75) is 54.4 Å².